The summed E-state index contributed by atoms with van der Waals surface area (Å²) in [5.74, 6) is 3.00. The van der Waals surface area contributed by atoms with E-state index in [1.54, 1.807) is 0 Å². The van der Waals surface area contributed by atoms with Gasteiger partial charge in [0, 0.05) is 24.1 Å². The molecule has 28 heavy (non-hydrogen) atoms. The Morgan fingerprint density at radius 3 is 2.68 bits per heavy atom. The van der Waals surface area contributed by atoms with Crippen molar-refractivity contribution in [3.63, 3.8) is 0 Å². The lowest BCUT2D eigenvalue weighted by Crippen LogP contribution is -2.16. The molecule has 0 radical (unpaired) electrons. The predicted molar refractivity (Wildman–Crippen MR) is 106 cm³/mol. The molecule has 0 saturated heterocycles. The van der Waals surface area contributed by atoms with Gasteiger partial charge in [0.15, 0.2) is 11.6 Å². The number of hydrogen-bond acceptors (Lipinski definition) is 6. The van der Waals surface area contributed by atoms with Crippen LogP contribution in [-0.2, 0) is 19.4 Å². The van der Waals surface area contributed by atoms with Crippen LogP contribution >= 0.6 is 0 Å². The molecule has 2 N–H and O–H groups in total. The van der Waals surface area contributed by atoms with Crippen LogP contribution in [0.25, 0.3) is 22.9 Å². The quantitative estimate of drug-likeness (QED) is 0.452. The predicted octanol–water partition coefficient (Wildman–Crippen LogP) is 3.92. The summed E-state index contributed by atoms with van der Waals surface area (Å²) in [5, 5.41) is 14.6. The molecule has 0 bridgehead atoms. The third-order valence-corrected chi connectivity index (χ3v) is 4.60. The largest absolute Gasteiger partial charge is 0.460 e. The van der Waals surface area contributed by atoms with Crippen molar-refractivity contribution in [2.24, 2.45) is 0 Å². The Kier molecular flexibility index (Phi) is 5.34. The highest BCUT2D eigenvalue weighted by Gasteiger charge is 2.11. The Labute approximate surface area is 163 Å². The average molecular weight is 377 g/mol. The first-order chi connectivity index (χ1) is 13.7. The summed E-state index contributed by atoms with van der Waals surface area (Å²) in [4.78, 5) is 4.36. The summed E-state index contributed by atoms with van der Waals surface area (Å²) in [5.41, 5.74) is 4.21. The molecular formula is C21H23N5O2. The molecule has 7 heteroatoms. The van der Waals surface area contributed by atoms with Gasteiger partial charge in [-0.1, -0.05) is 24.2 Å². The normalized spacial score (nSPS) is 11.2. The van der Waals surface area contributed by atoms with Crippen LogP contribution in [0.2, 0.25) is 0 Å². The van der Waals surface area contributed by atoms with Crippen molar-refractivity contribution in [3.8, 4) is 22.9 Å². The molecule has 4 rings (SSSR count). The van der Waals surface area contributed by atoms with E-state index in [4.69, 9.17) is 8.94 Å². The van der Waals surface area contributed by atoms with Crippen LogP contribution in [0.1, 0.15) is 29.6 Å². The van der Waals surface area contributed by atoms with Crippen molar-refractivity contribution in [1.82, 2.24) is 25.7 Å². The molecule has 0 fully saturated rings. The van der Waals surface area contributed by atoms with Gasteiger partial charge in [0.1, 0.15) is 11.5 Å². The van der Waals surface area contributed by atoms with Gasteiger partial charge in [-0.05, 0) is 49.7 Å². The molecule has 144 valence electrons. The summed E-state index contributed by atoms with van der Waals surface area (Å²) in [6.07, 6.45) is 3.53. The number of H-pyrrole nitrogens is 1. The summed E-state index contributed by atoms with van der Waals surface area (Å²) >= 11 is 0. The molecule has 0 aliphatic heterocycles. The molecule has 0 atom stereocenters. The molecule has 1 aromatic carbocycles. The minimum absolute atomic E-state index is 0.571. The van der Waals surface area contributed by atoms with Crippen molar-refractivity contribution in [2.45, 2.75) is 33.2 Å². The third-order valence-electron chi connectivity index (χ3n) is 4.60. The van der Waals surface area contributed by atoms with Crippen LogP contribution in [0.3, 0.4) is 0 Å². The number of aryl methyl sites for hydroxylation is 2. The maximum Gasteiger partial charge on any atom is 0.257 e. The van der Waals surface area contributed by atoms with E-state index >= 15 is 0 Å². The van der Waals surface area contributed by atoms with E-state index < -0.39 is 0 Å². The first kappa shape index (κ1) is 18.2. The van der Waals surface area contributed by atoms with Gasteiger partial charge in [-0.3, -0.25) is 5.10 Å². The van der Waals surface area contributed by atoms with Crippen molar-refractivity contribution >= 4 is 0 Å². The maximum atomic E-state index is 5.68. The molecule has 4 aromatic rings. The Morgan fingerprint density at radius 2 is 1.96 bits per heavy atom. The van der Waals surface area contributed by atoms with Crippen LogP contribution in [0.15, 0.2) is 51.5 Å². The van der Waals surface area contributed by atoms with E-state index in [1.807, 2.05) is 44.3 Å². The van der Waals surface area contributed by atoms with Crippen LogP contribution < -0.4 is 5.32 Å². The van der Waals surface area contributed by atoms with E-state index in [0.29, 0.717) is 5.89 Å². The molecule has 0 aliphatic rings. The number of nitrogens with one attached hydrogen (secondary N) is 2. The van der Waals surface area contributed by atoms with Crippen molar-refractivity contribution < 1.29 is 8.94 Å². The number of aromatic amines is 1. The maximum absolute atomic E-state index is 5.68. The topological polar surface area (TPSA) is 92.8 Å². The molecular weight excluding hydrogens is 354 g/mol. The number of nitrogens with zero attached hydrogens (tertiary/aromatic N) is 3. The van der Waals surface area contributed by atoms with Crippen LogP contribution in [0, 0.1) is 6.92 Å². The minimum atomic E-state index is 0.571. The summed E-state index contributed by atoms with van der Waals surface area (Å²) < 4.78 is 11.0. The highest BCUT2D eigenvalue weighted by molar-refractivity contribution is 5.56. The number of aromatic nitrogens is 4. The third kappa shape index (κ3) is 4.04. The number of benzene rings is 1. The summed E-state index contributed by atoms with van der Waals surface area (Å²) in [6.45, 7) is 5.53. The average Bonchev–Trinajstić information content (AvgIpc) is 3.46. The molecule has 3 aromatic heterocycles. The van der Waals surface area contributed by atoms with E-state index in [-0.39, 0.29) is 0 Å². The Balaban J connectivity index is 1.30. The highest BCUT2D eigenvalue weighted by Crippen LogP contribution is 2.23. The second kappa shape index (κ2) is 8.22. The van der Waals surface area contributed by atoms with E-state index in [0.717, 1.165) is 60.1 Å². The molecule has 0 saturated carbocycles. The lowest BCUT2D eigenvalue weighted by atomic mass is 10.1. The van der Waals surface area contributed by atoms with Crippen molar-refractivity contribution in [3.05, 3.63) is 65.3 Å². The summed E-state index contributed by atoms with van der Waals surface area (Å²) in [6, 6.07) is 12.2. The van der Waals surface area contributed by atoms with E-state index in [1.165, 1.54) is 5.56 Å². The van der Waals surface area contributed by atoms with Gasteiger partial charge < -0.3 is 14.3 Å². The van der Waals surface area contributed by atoms with Gasteiger partial charge in [0.05, 0.1) is 6.20 Å². The molecule has 7 nitrogen and oxygen atoms in total. The fraction of sp³-hybridized carbons (Fsp3) is 0.286. The zero-order valence-corrected chi connectivity index (χ0v) is 16.0. The van der Waals surface area contributed by atoms with Gasteiger partial charge in [0.25, 0.3) is 5.89 Å². The molecule has 0 aliphatic carbocycles. The standard InChI is InChI=1S/C21H23N5O2/c1-3-19-24-21(28-26-19)16-7-5-15(6-8-16)10-11-22-12-17-13-23-25-20(17)18-9-4-14(2)27-18/h4-9,13,22H,3,10-12H2,1-2H3,(H,23,25). The first-order valence-corrected chi connectivity index (χ1v) is 9.44. The number of rotatable bonds is 8. The number of furan rings is 1. The van der Waals surface area contributed by atoms with Crippen LogP contribution in [0.4, 0.5) is 0 Å². The Morgan fingerprint density at radius 1 is 1.11 bits per heavy atom. The SMILES string of the molecule is CCc1noc(-c2ccc(CCNCc3cn[nH]c3-c3ccc(C)o3)cc2)n1. The fourth-order valence-corrected chi connectivity index (χ4v) is 3.01. The van der Waals surface area contributed by atoms with Gasteiger partial charge in [-0.15, -0.1) is 0 Å². The highest BCUT2D eigenvalue weighted by atomic mass is 16.5. The second-order valence-electron chi connectivity index (χ2n) is 6.67. The first-order valence-electron chi connectivity index (χ1n) is 9.44. The molecule has 0 amide bonds. The van der Waals surface area contributed by atoms with Crippen molar-refractivity contribution in [1.29, 1.82) is 0 Å². The monoisotopic (exact) mass is 377 g/mol. The fourth-order valence-electron chi connectivity index (χ4n) is 3.01. The van der Waals surface area contributed by atoms with E-state index in [9.17, 15) is 0 Å². The molecule has 0 spiro atoms. The smallest absolute Gasteiger partial charge is 0.257 e. The van der Waals surface area contributed by atoms with Gasteiger partial charge >= 0.3 is 0 Å². The van der Waals surface area contributed by atoms with Crippen LogP contribution in [-0.4, -0.2) is 26.9 Å². The molecule has 0 unspecified atom stereocenters. The lowest BCUT2D eigenvalue weighted by Gasteiger charge is -2.05. The second-order valence-corrected chi connectivity index (χ2v) is 6.67. The zero-order valence-electron chi connectivity index (χ0n) is 16.0. The lowest BCUT2D eigenvalue weighted by molar-refractivity contribution is 0.423. The Bertz CT molecular complexity index is 1030. The van der Waals surface area contributed by atoms with Crippen LogP contribution in [0.5, 0.6) is 0 Å². The van der Waals surface area contributed by atoms with E-state index in [2.05, 4.69) is 37.8 Å². The van der Waals surface area contributed by atoms with Crippen molar-refractivity contribution in [2.75, 3.05) is 6.54 Å². The van der Waals surface area contributed by atoms with Gasteiger partial charge in [-0.2, -0.15) is 10.1 Å². The van der Waals surface area contributed by atoms with Gasteiger partial charge in [-0.25, -0.2) is 0 Å². The zero-order chi connectivity index (χ0) is 19.3. The summed E-state index contributed by atoms with van der Waals surface area (Å²) in [7, 11) is 0. The number of hydrogen-bond donors (Lipinski definition) is 2. The Hall–Kier alpha value is -3.19. The van der Waals surface area contributed by atoms with Gasteiger partial charge in [0.2, 0.25) is 0 Å². The minimum Gasteiger partial charge on any atom is -0.460 e. The molecule has 3 heterocycles.